The van der Waals surface area contributed by atoms with Crippen molar-refractivity contribution >= 4 is 0 Å². The molecule has 0 radical (unpaired) electrons. The van der Waals surface area contributed by atoms with Crippen molar-refractivity contribution in [2.45, 2.75) is 85.2 Å². The Morgan fingerprint density at radius 2 is 1.95 bits per heavy atom. The smallest absolute Gasteiger partial charge is 0.0378 e. The quantitative estimate of drug-likeness (QED) is 0.614. The van der Waals surface area contributed by atoms with Gasteiger partial charge in [0.2, 0.25) is 0 Å². The van der Waals surface area contributed by atoms with Crippen LogP contribution in [0.3, 0.4) is 0 Å². The Bertz CT molecular complexity index is 296. The molecule has 2 nitrogen and oxygen atoms in total. The molecule has 0 amide bonds. The fourth-order valence-electron chi connectivity index (χ4n) is 3.50. The SMILES string of the molecule is C=C(CN1CCC(CCCCC(C)C)CC1C)NC(C)C. The van der Waals surface area contributed by atoms with Crippen LogP contribution in [0.5, 0.6) is 0 Å². The number of hydrogen-bond acceptors (Lipinski definition) is 2. The van der Waals surface area contributed by atoms with Crippen LogP contribution in [0.25, 0.3) is 0 Å². The highest BCUT2D eigenvalue weighted by atomic mass is 15.2. The van der Waals surface area contributed by atoms with Gasteiger partial charge in [0.1, 0.15) is 0 Å². The van der Waals surface area contributed by atoms with Gasteiger partial charge in [0.25, 0.3) is 0 Å². The first-order chi connectivity index (χ1) is 9.88. The van der Waals surface area contributed by atoms with Crippen LogP contribution in [-0.2, 0) is 0 Å². The van der Waals surface area contributed by atoms with Crippen molar-refractivity contribution in [1.29, 1.82) is 0 Å². The lowest BCUT2D eigenvalue weighted by Gasteiger charge is -2.38. The predicted octanol–water partition coefficient (Wildman–Crippen LogP) is 4.82. The van der Waals surface area contributed by atoms with Gasteiger partial charge in [-0.1, -0.05) is 46.1 Å². The molecule has 0 aromatic rings. The summed E-state index contributed by atoms with van der Waals surface area (Å²) in [5.41, 5.74) is 1.17. The van der Waals surface area contributed by atoms with Crippen molar-refractivity contribution in [2.24, 2.45) is 11.8 Å². The van der Waals surface area contributed by atoms with E-state index in [0.29, 0.717) is 12.1 Å². The largest absolute Gasteiger partial charge is 0.386 e. The maximum absolute atomic E-state index is 4.17. The fourth-order valence-corrected chi connectivity index (χ4v) is 3.50. The maximum Gasteiger partial charge on any atom is 0.0378 e. The summed E-state index contributed by atoms with van der Waals surface area (Å²) < 4.78 is 0. The predicted molar refractivity (Wildman–Crippen MR) is 94.5 cm³/mol. The first kappa shape index (κ1) is 18.5. The van der Waals surface area contributed by atoms with Gasteiger partial charge in [0, 0.05) is 24.3 Å². The zero-order chi connectivity index (χ0) is 15.8. The standard InChI is InChI=1S/C19H38N2/c1-15(2)9-7-8-10-19-11-12-21(18(6)13-19)14-17(5)20-16(3)4/h15-16,18-20H,5,7-14H2,1-4,6H3. The van der Waals surface area contributed by atoms with E-state index in [0.717, 1.165) is 18.4 Å². The third kappa shape index (κ3) is 7.90. The summed E-state index contributed by atoms with van der Waals surface area (Å²) in [7, 11) is 0. The number of hydrogen-bond donors (Lipinski definition) is 1. The first-order valence-corrected chi connectivity index (χ1v) is 9.06. The summed E-state index contributed by atoms with van der Waals surface area (Å²) in [5, 5.41) is 3.44. The Labute approximate surface area is 133 Å². The van der Waals surface area contributed by atoms with E-state index in [4.69, 9.17) is 0 Å². The van der Waals surface area contributed by atoms with Gasteiger partial charge in [-0.2, -0.15) is 0 Å². The Hall–Kier alpha value is -0.500. The van der Waals surface area contributed by atoms with Crippen LogP contribution in [0, 0.1) is 11.8 Å². The molecule has 1 fully saturated rings. The molecule has 2 atom stereocenters. The van der Waals surface area contributed by atoms with Gasteiger partial charge in [0.05, 0.1) is 0 Å². The second kappa shape index (κ2) is 9.50. The van der Waals surface area contributed by atoms with E-state index in [9.17, 15) is 0 Å². The van der Waals surface area contributed by atoms with Gasteiger partial charge in [-0.3, -0.25) is 4.90 Å². The molecule has 0 aliphatic carbocycles. The number of piperidine rings is 1. The summed E-state index contributed by atoms with van der Waals surface area (Å²) in [5.74, 6) is 1.82. The van der Waals surface area contributed by atoms with Crippen molar-refractivity contribution in [3.63, 3.8) is 0 Å². The molecule has 21 heavy (non-hydrogen) atoms. The number of unbranched alkanes of at least 4 members (excludes halogenated alkanes) is 1. The van der Waals surface area contributed by atoms with Gasteiger partial charge in [-0.05, 0) is 52.0 Å². The third-order valence-electron chi connectivity index (χ3n) is 4.65. The summed E-state index contributed by atoms with van der Waals surface area (Å²) >= 11 is 0. The summed E-state index contributed by atoms with van der Waals surface area (Å²) in [6.07, 6.45) is 8.43. The van der Waals surface area contributed by atoms with Gasteiger partial charge in [-0.25, -0.2) is 0 Å². The van der Waals surface area contributed by atoms with E-state index in [2.05, 4.69) is 51.4 Å². The first-order valence-electron chi connectivity index (χ1n) is 9.06. The molecule has 1 saturated heterocycles. The van der Waals surface area contributed by atoms with Crippen LogP contribution in [0.1, 0.15) is 73.1 Å². The molecule has 0 spiro atoms. The molecule has 124 valence electrons. The van der Waals surface area contributed by atoms with Crippen molar-refractivity contribution in [3.05, 3.63) is 12.3 Å². The average Bonchev–Trinajstić information content (AvgIpc) is 2.36. The van der Waals surface area contributed by atoms with E-state index >= 15 is 0 Å². The number of likely N-dealkylation sites (tertiary alicyclic amines) is 1. The molecule has 0 bridgehead atoms. The zero-order valence-electron chi connectivity index (χ0n) is 15.1. The van der Waals surface area contributed by atoms with Crippen LogP contribution < -0.4 is 5.32 Å². The van der Waals surface area contributed by atoms with Crippen LogP contribution in [-0.4, -0.2) is 30.1 Å². The molecule has 2 unspecified atom stereocenters. The fraction of sp³-hybridized carbons (Fsp3) is 0.895. The lowest BCUT2D eigenvalue weighted by Crippen LogP contribution is -2.43. The minimum atomic E-state index is 0.492. The molecule has 2 heteroatoms. The Kier molecular flexibility index (Phi) is 8.39. The molecular formula is C19H38N2. The maximum atomic E-state index is 4.17. The van der Waals surface area contributed by atoms with Gasteiger partial charge < -0.3 is 5.32 Å². The zero-order valence-corrected chi connectivity index (χ0v) is 15.1. The Morgan fingerprint density at radius 1 is 1.24 bits per heavy atom. The van der Waals surface area contributed by atoms with Crippen molar-refractivity contribution in [1.82, 2.24) is 10.2 Å². The number of nitrogens with one attached hydrogen (secondary N) is 1. The van der Waals surface area contributed by atoms with Gasteiger partial charge >= 0.3 is 0 Å². The molecule has 0 aromatic heterocycles. The monoisotopic (exact) mass is 294 g/mol. The third-order valence-corrected chi connectivity index (χ3v) is 4.65. The molecule has 1 rings (SSSR count). The van der Waals surface area contributed by atoms with Crippen LogP contribution >= 0.6 is 0 Å². The van der Waals surface area contributed by atoms with Gasteiger partial charge in [-0.15, -0.1) is 0 Å². The molecule has 1 aliphatic heterocycles. The Morgan fingerprint density at radius 3 is 2.52 bits per heavy atom. The average molecular weight is 295 g/mol. The van der Waals surface area contributed by atoms with E-state index < -0.39 is 0 Å². The molecular weight excluding hydrogens is 256 g/mol. The summed E-state index contributed by atoms with van der Waals surface area (Å²) in [4.78, 5) is 2.60. The topological polar surface area (TPSA) is 15.3 Å². The van der Waals surface area contributed by atoms with E-state index in [1.165, 1.54) is 50.8 Å². The highest BCUT2D eigenvalue weighted by Gasteiger charge is 2.25. The minimum absolute atomic E-state index is 0.492. The highest BCUT2D eigenvalue weighted by Crippen LogP contribution is 2.27. The van der Waals surface area contributed by atoms with E-state index in [1.807, 2.05) is 0 Å². The van der Waals surface area contributed by atoms with Crippen LogP contribution in [0.2, 0.25) is 0 Å². The van der Waals surface area contributed by atoms with E-state index in [-0.39, 0.29) is 0 Å². The van der Waals surface area contributed by atoms with Gasteiger partial charge in [0.15, 0.2) is 0 Å². The van der Waals surface area contributed by atoms with Crippen molar-refractivity contribution in [3.8, 4) is 0 Å². The molecule has 1 heterocycles. The lowest BCUT2D eigenvalue weighted by molar-refractivity contribution is 0.126. The molecule has 1 aliphatic rings. The second-order valence-corrected chi connectivity index (χ2v) is 7.79. The summed E-state index contributed by atoms with van der Waals surface area (Å²) in [6.45, 7) is 17.8. The highest BCUT2D eigenvalue weighted by molar-refractivity contribution is 4.97. The second-order valence-electron chi connectivity index (χ2n) is 7.79. The lowest BCUT2D eigenvalue weighted by atomic mass is 9.87. The number of nitrogens with zero attached hydrogens (tertiary/aromatic N) is 1. The summed E-state index contributed by atoms with van der Waals surface area (Å²) in [6, 6.07) is 1.20. The van der Waals surface area contributed by atoms with Crippen molar-refractivity contribution < 1.29 is 0 Å². The van der Waals surface area contributed by atoms with Crippen LogP contribution in [0.15, 0.2) is 12.3 Å². The van der Waals surface area contributed by atoms with Crippen LogP contribution in [0.4, 0.5) is 0 Å². The normalized spacial score (nSPS) is 23.8. The van der Waals surface area contributed by atoms with E-state index in [1.54, 1.807) is 0 Å². The Balaban J connectivity index is 2.22. The van der Waals surface area contributed by atoms with Crippen molar-refractivity contribution in [2.75, 3.05) is 13.1 Å². The molecule has 1 N–H and O–H groups in total. The molecule has 0 saturated carbocycles. The molecule has 0 aromatic carbocycles. The number of rotatable bonds is 9. The minimum Gasteiger partial charge on any atom is -0.386 e.